The van der Waals surface area contributed by atoms with Crippen LogP contribution in [0.25, 0.3) is 0 Å². The number of carbonyl (C=O) groups is 2. The van der Waals surface area contributed by atoms with Gasteiger partial charge in [0.2, 0.25) is 5.91 Å². The molecule has 4 rings (SSSR count). The third-order valence-corrected chi connectivity index (χ3v) is 7.35. The van der Waals surface area contributed by atoms with Gasteiger partial charge in [-0.2, -0.15) is 0 Å². The number of nitrogens with zero attached hydrogens (tertiary/aromatic N) is 3. The number of carbonyl (C=O) groups excluding carboxylic acids is 2. The van der Waals surface area contributed by atoms with Gasteiger partial charge in [-0.15, -0.1) is 0 Å². The number of hydrogen-bond donors (Lipinski definition) is 1. The van der Waals surface area contributed by atoms with Crippen molar-refractivity contribution in [3.63, 3.8) is 0 Å². The molecule has 0 fully saturated rings. The first-order valence-electron chi connectivity index (χ1n) is 13.4. The first-order valence-corrected chi connectivity index (χ1v) is 14.3. The lowest BCUT2D eigenvalue weighted by atomic mass is 10.0. The molecular weight excluding hydrogens is 571 g/mol. The van der Waals surface area contributed by atoms with Crippen molar-refractivity contribution in [3.05, 3.63) is 101 Å². The number of anilines is 1. The zero-order valence-electron chi connectivity index (χ0n) is 24.6. The van der Waals surface area contributed by atoms with Crippen LogP contribution in [0.1, 0.15) is 28.6 Å². The molecule has 1 N–H and O–H groups in total. The Kier molecular flexibility index (Phi) is 10.6. The van der Waals surface area contributed by atoms with Crippen molar-refractivity contribution < 1.29 is 28.2 Å². The Balaban J connectivity index is 1.75. The second-order valence-electron chi connectivity index (χ2n) is 9.60. The fourth-order valence-electron chi connectivity index (χ4n) is 4.46. The number of methoxy groups -OCH3 is 3. The fraction of sp³-hybridized carbons (Fsp3) is 0.250. The van der Waals surface area contributed by atoms with Gasteiger partial charge in [-0.1, -0.05) is 30.0 Å². The summed E-state index contributed by atoms with van der Waals surface area (Å²) >= 11 is 1.18. The zero-order chi connectivity index (χ0) is 30.9. The van der Waals surface area contributed by atoms with Crippen molar-refractivity contribution in [3.8, 4) is 17.2 Å². The van der Waals surface area contributed by atoms with Crippen molar-refractivity contribution in [1.82, 2.24) is 14.9 Å². The molecule has 0 aliphatic heterocycles. The lowest BCUT2D eigenvalue weighted by molar-refractivity contribution is -0.137. The van der Waals surface area contributed by atoms with Gasteiger partial charge in [-0.3, -0.25) is 9.59 Å². The molecule has 0 spiro atoms. The number of aryl methyl sites for hydroxylation is 2. The summed E-state index contributed by atoms with van der Waals surface area (Å²) in [5.41, 5.74) is 3.22. The molecular formula is C32H33FN4O5S. The minimum Gasteiger partial charge on any atom is -0.497 e. The monoisotopic (exact) mass is 604 g/mol. The second-order valence-corrected chi connectivity index (χ2v) is 10.5. The van der Waals surface area contributed by atoms with Gasteiger partial charge in [0.05, 0.1) is 27.1 Å². The fourth-order valence-corrected chi connectivity index (χ4v) is 5.29. The summed E-state index contributed by atoms with van der Waals surface area (Å²) < 4.78 is 29.9. The number of ether oxygens (including phenoxy) is 3. The van der Waals surface area contributed by atoms with Crippen LogP contribution in [0.15, 0.2) is 78.0 Å². The highest BCUT2D eigenvalue weighted by Gasteiger charge is 2.33. The topological polar surface area (TPSA) is 103 Å². The molecule has 9 nitrogen and oxygen atoms in total. The molecule has 3 aromatic carbocycles. The van der Waals surface area contributed by atoms with Crippen LogP contribution in [0, 0.1) is 19.7 Å². The third kappa shape index (κ3) is 8.23. The molecule has 224 valence electrons. The summed E-state index contributed by atoms with van der Waals surface area (Å²) in [6.45, 7) is 3.75. The number of nitrogens with one attached hydrogen (secondary N) is 1. The van der Waals surface area contributed by atoms with Gasteiger partial charge < -0.3 is 24.4 Å². The Labute approximate surface area is 254 Å². The van der Waals surface area contributed by atoms with E-state index in [4.69, 9.17) is 14.2 Å². The zero-order valence-corrected chi connectivity index (χ0v) is 25.4. The Morgan fingerprint density at radius 2 is 1.51 bits per heavy atom. The number of thioether (sulfide) groups is 1. The van der Waals surface area contributed by atoms with Crippen LogP contribution >= 0.6 is 11.8 Å². The quantitative estimate of drug-likeness (QED) is 0.161. The summed E-state index contributed by atoms with van der Waals surface area (Å²) in [4.78, 5) is 38.4. The maximum absolute atomic E-state index is 14.1. The highest BCUT2D eigenvalue weighted by Crippen LogP contribution is 2.34. The molecule has 1 atom stereocenters. The molecule has 0 aliphatic rings. The normalized spacial score (nSPS) is 11.4. The smallest absolute Gasteiger partial charge is 0.251 e. The van der Waals surface area contributed by atoms with Gasteiger partial charge in [0.15, 0.2) is 16.7 Å². The molecule has 11 heteroatoms. The first-order chi connectivity index (χ1) is 20.7. The molecule has 0 saturated carbocycles. The van der Waals surface area contributed by atoms with Crippen LogP contribution in [-0.2, 0) is 16.1 Å². The number of hydrogen-bond acceptors (Lipinski definition) is 8. The number of aromatic nitrogens is 2. The van der Waals surface area contributed by atoms with Gasteiger partial charge in [-0.25, -0.2) is 14.4 Å². The maximum Gasteiger partial charge on any atom is 0.251 e. The lowest BCUT2D eigenvalue weighted by Gasteiger charge is -2.32. The molecule has 43 heavy (non-hydrogen) atoms. The van der Waals surface area contributed by atoms with E-state index in [9.17, 15) is 14.0 Å². The summed E-state index contributed by atoms with van der Waals surface area (Å²) in [7, 11) is 4.57. The summed E-state index contributed by atoms with van der Waals surface area (Å²) in [5.74, 6) is 0.256. The van der Waals surface area contributed by atoms with Gasteiger partial charge in [-0.05, 0) is 79.6 Å². The van der Waals surface area contributed by atoms with E-state index in [0.717, 1.165) is 11.4 Å². The third-order valence-electron chi connectivity index (χ3n) is 6.51. The number of benzene rings is 3. The Bertz CT molecular complexity index is 1550. The van der Waals surface area contributed by atoms with Crippen LogP contribution < -0.4 is 19.5 Å². The lowest BCUT2D eigenvalue weighted by Crippen LogP contribution is -2.41. The van der Waals surface area contributed by atoms with Crippen molar-refractivity contribution in [2.24, 2.45) is 0 Å². The van der Waals surface area contributed by atoms with E-state index in [1.54, 1.807) is 61.7 Å². The number of halogens is 1. The predicted molar refractivity (Wildman–Crippen MR) is 163 cm³/mol. The molecule has 1 heterocycles. The van der Waals surface area contributed by atoms with E-state index in [0.29, 0.717) is 39.2 Å². The average molecular weight is 605 g/mol. The van der Waals surface area contributed by atoms with Gasteiger partial charge in [0.25, 0.3) is 5.91 Å². The number of amides is 2. The van der Waals surface area contributed by atoms with E-state index < -0.39 is 17.8 Å². The van der Waals surface area contributed by atoms with Crippen LogP contribution in [0.4, 0.5) is 10.1 Å². The highest BCUT2D eigenvalue weighted by atomic mass is 32.2. The Morgan fingerprint density at radius 3 is 2.12 bits per heavy atom. The summed E-state index contributed by atoms with van der Waals surface area (Å²) in [6.07, 6.45) is 0. The molecule has 0 unspecified atom stereocenters. The highest BCUT2D eigenvalue weighted by molar-refractivity contribution is 7.99. The van der Waals surface area contributed by atoms with Gasteiger partial charge in [0, 0.05) is 23.6 Å². The minimum atomic E-state index is -1.10. The molecule has 4 aromatic rings. The van der Waals surface area contributed by atoms with E-state index >= 15 is 0 Å². The summed E-state index contributed by atoms with van der Waals surface area (Å²) in [6, 6.07) is 18.5. The molecule has 2 amide bonds. The standard InChI is InChI=1S/C32H33FN4O5S/c1-20-16-21(2)35-32(34-20)43-19-29(38)37(18-22-6-9-24(33)10-7-22)30(23-8-15-27(41-4)28(17-23)42-5)31(39)36-25-11-13-26(40-3)14-12-25/h6-17,30H,18-19H2,1-5H3,(H,36,39)/t30-/m1/s1. The molecule has 1 aromatic heterocycles. The van der Waals surface area contributed by atoms with Crippen molar-refractivity contribution in [1.29, 1.82) is 0 Å². The SMILES string of the molecule is COc1ccc(NC(=O)[C@@H](c2ccc(OC)c(OC)c2)N(Cc2ccc(F)cc2)C(=O)CSc2nc(C)cc(C)n2)cc1. The van der Waals surface area contributed by atoms with E-state index in [-0.39, 0.29) is 18.2 Å². The van der Waals surface area contributed by atoms with Crippen LogP contribution in [-0.4, -0.2) is 53.8 Å². The number of rotatable bonds is 12. The van der Waals surface area contributed by atoms with Crippen LogP contribution in [0.3, 0.4) is 0 Å². The molecule has 0 saturated heterocycles. The first kappa shape index (κ1) is 31.3. The minimum absolute atomic E-state index is 0.0302. The predicted octanol–water partition coefficient (Wildman–Crippen LogP) is 5.76. The molecule has 0 aliphatic carbocycles. The summed E-state index contributed by atoms with van der Waals surface area (Å²) in [5, 5.41) is 3.38. The van der Waals surface area contributed by atoms with Crippen molar-refractivity contribution in [2.75, 3.05) is 32.4 Å². The van der Waals surface area contributed by atoms with Crippen LogP contribution in [0.2, 0.25) is 0 Å². The van der Waals surface area contributed by atoms with Gasteiger partial charge >= 0.3 is 0 Å². The van der Waals surface area contributed by atoms with Gasteiger partial charge in [0.1, 0.15) is 17.6 Å². The van der Waals surface area contributed by atoms with Crippen LogP contribution in [0.5, 0.6) is 17.2 Å². The van der Waals surface area contributed by atoms with E-state index in [2.05, 4.69) is 15.3 Å². The Hall–Kier alpha value is -4.64. The second kappa shape index (κ2) is 14.5. The maximum atomic E-state index is 14.1. The van der Waals surface area contributed by atoms with E-state index in [1.807, 2.05) is 19.9 Å². The van der Waals surface area contributed by atoms with E-state index in [1.165, 1.54) is 43.0 Å². The average Bonchev–Trinajstić information content (AvgIpc) is 3.00. The largest absolute Gasteiger partial charge is 0.497 e. The molecule has 0 radical (unpaired) electrons. The van der Waals surface area contributed by atoms with Crippen molar-refractivity contribution in [2.45, 2.75) is 31.6 Å². The van der Waals surface area contributed by atoms with Crippen molar-refractivity contribution >= 4 is 29.3 Å². The Morgan fingerprint density at radius 1 is 0.860 bits per heavy atom. The molecule has 0 bridgehead atoms.